The Hall–Kier alpha value is -2.82. The van der Waals surface area contributed by atoms with Crippen LogP contribution in [0.5, 0.6) is 0 Å². The van der Waals surface area contributed by atoms with Crippen molar-refractivity contribution in [1.82, 2.24) is 20.6 Å². The lowest BCUT2D eigenvalue weighted by atomic mass is 10.2. The predicted molar refractivity (Wildman–Crippen MR) is 81.6 cm³/mol. The number of fused-ring (bicyclic) bond motifs is 1. The summed E-state index contributed by atoms with van der Waals surface area (Å²) in [6.45, 7) is 0.981. The predicted octanol–water partition coefficient (Wildman–Crippen LogP) is 2.56. The zero-order valence-electron chi connectivity index (χ0n) is 11.5. The van der Waals surface area contributed by atoms with E-state index in [1.807, 2.05) is 48.7 Å². The first-order chi connectivity index (χ1) is 10.3. The van der Waals surface area contributed by atoms with E-state index in [0.717, 1.165) is 22.2 Å². The van der Waals surface area contributed by atoms with Crippen LogP contribution in [0.15, 0.2) is 54.9 Å². The van der Waals surface area contributed by atoms with E-state index in [0.29, 0.717) is 13.1 Å². The average molecular weight is 280 g/mol. The van der Waals surface area contributed by atoms with Crippen LogP contribution in [-0.4, -0.2) is 16.0 Å². The molecule has 21 heavy (non-hydrogen) atoms. The molecule has 0 fully saturated rings. The fourth-order valence-electron chi connectivity index (χ4n) is 2.18. The van der Waals surface area contributed by atoms with Crippen molar-refractivity contribution >= 4 is 17.1 Å². The topological polar surface area (TPSA) is 69.8 Å². The Morgan fingerprint density at radius 3 is 2.71 bits per heavy atom. The van der Waals surface area contributed by atoms with Gasteiger partial charge in [0.05, 0.1) is 0 Å². The zero-order chi connectivity index (χ0) is 14.5. The number of carbonyl (C=O) groups excluding carboxylic acids is 1. The fourth-order valence-corrected chi connectivity index (χ4v) is 2.18. The van der Waals surface area contributed by atoms with Crippen molar-refractivity contribution in [3.05, 3.63) is 66.0 Å². The number of aromatic nitrogens is 2. The second-order valence-electron chi connectivity index (χ2n) is 4.74. The third-order valence-corrected chi connectivity index (χ3v) is 3.27. The van der Waals surface area contributed by atoms with Crippen LogP contribution in [0.3, 0.4) is 0 Å². The number of nitrogens with one attached hydrogen (secondary N) is 3. The lowest BCUT2D eigenvalue weighted by Crippen LogP contribution is -2.34. The molecule has 3 N–H and O–H groups in total. The van der Waals surface area contributed by atoms with Crippen LogP contribution in [-0.2, 0) is 13.1 Å². The maximum absolute atomic E-state index is 11.8. The largest absolute Gasteiger partial charge is 0.346 e. The third-order valence-electron chi connectivity index (χ3n) is 3.27. The summed E-state index contributed by atoms with van der Waals surface area (Å²) in [7, 11) is 0. The van der Waals surface area contributed by atoms with Gasteiger partial charge in [-0.1, -0.05) is 30.3 Å². The highest BCUT2D eigenvalue weighted by Gasteiger charge is 2.05. The van der Waals surface area contributed by atoms with Crippen molar-refractivity contribution in [3.8, 4) is 0 Å². The summed E-state index contributed by atoms with van der Waals surface area (Å²) in [5, 5.41) is 6.71. The van der Waals surface area contributed by atoms with Crippen LogP contribution in [0.1, 0.15) is 11.1 Å². The van der Waals surface area contributed by atoms with Gasteiger partial charge < -0.3 is 15.6 Å². The summed E-state index contributed by atoms with van der Waals surface area (Å²) in [5.41, 5.74) is 2.93. The summed E-state index contributed by atoms with van der Waals surface area (Å²) < 4.78 is 0. The summed E-state index contributed by atoms with van der Waals surface area (Å²) in [5.74, 6) is 0. The molecule has 3 aromatic rings. The number of nitrogens with zero attached hydrogens (tertiary/aromatic N) is 1. The Labute approximate surface area is 122 Å². The van der Waals surface area contributed by atoms with Gasteiger partial charge in [0.25, 0.3) is 0 Å². The fraction of sp³-hybridized carbons (Fsp3) is 0.125. The number of H-pyrrole nitrogens is 1. The number of hydrogen-bond acceptors (Lipinski definition) is 2. The molecule has 5 nitrogen and oxygen atoms in total. The van der Waals surface area contributed by atoms with E-state index in [2.05, 4.69) is 20.6 Å². The second kappa shape index (κ2) is 6.09. The Morgan fingerprint density at radius 2 is 1.86 bits per heavy atom. The van der Waals surface area contributed by atoms with Gasteiger partial charge in [-0.25, -0.2) is 9.78 Å². The first-order valence-electron chi connectivity index (χ1n) is 6.79. The van der Waals surface area contributed by atoms with Gasteiger partial charge in [-0.05, 0) is 23.3 Å². The normalized spacial score (nSPS) is 10.5. The van der Waals surface area contributed by atoms with E-state index >= 15 is 0 Å². The Kier molecular flexibility index (Phi) is 3.82. The molecule has 2 amide bonds. The van der Waals surface area contributed by atoms with E-state index in [-0.39, 0.29) is 6.03 Å². The number of aromatic amines is 1. The van der Waals surface area contributed by atoms with Crippen LogP contribution >= 0.6 is 0 Å². The standard InChI is InChI=1S/C16H16N4O/c21-16(19-9-12-5-2-1-3-6-12)20-11-13-10-18-15-14(13)7-4-8-17-15/h1-8,10H,9,11H2,(H,17,18)(H2,19,20,21). The first kappa shape index (κ1) is 13.2. The Balaban J connectivity index is 1.54. The highest BCUT2D eigenvalue weighted by molar-refractivity contribution is 5.80. The molecular formula is C16H16N4O. The van der Waals surface area contributed by atoms with Gasteiger partial charge in [-0.2, -0.15) is 0 Å². The number of urea groups is 1. The molecule has 0 atom stereocenters. The molecule has 3 rings (SSSR count). The number of amides is 2. The molecule has 0 bridgehead atoms. The molecule has 0 saturated carbocycles. The van der Waals surface area contributed by atoms with E-state index < -0.39 is 0 Å². The van der Waals surface area contributed by atoms with Gasteiger partial charge in [0.1, 0.15) is 5.65 Å². The third kappa shape index (κ3) is 3.20. The Bertz CT molecular complexity index is 736. The maximum Gasteiger partial charge on any atom is 0.315 e. The number of benzene rings is 1. The van der Waals surface area contributed by atoms with Crippen molar-refractivity contribution in [3.63, 3.8) is 0 Å². The number of rotatable bonds is 4. The minimum absolute atomic E-state index is 0.183. The van der Waals surface area contributed by atoms with Crippen LogP contribution in [0.25, 0.3) is 11.0 Å². The van der Waals surface area contributed by atoms with E-state index in [9.17, 15) is 4.79 Å². The summed E-state index contributed by atoms with van der Waals surface area (Å²) in [6.07, 6.45) is 3.61. The van der Waals surface area contributed by atoms with E-state index in [1.165, 1.54) is 0 Å². The van der Waals surface area contributed by atoms with Gasteiger partial charge in [-0.15, -0.1) is 0 Å². The van der Waals surface area contributed by atoms with Crippen molar-refractivity contribution < 1.29 is 4.79 Å². The monoisotopic (exact) mass is 280 g/mol. The smallest absolute Gasteiger partial charge is 0.315 e. The molecule has 0 aliphatic rings. The summed E-state index contributed by atoms with van der Waals surface area (Å²) >= 11 is 0. The molecule has 2 heterocycles. The quantitative estimate of drug-likeness (QED) is 0.687. The number of pyridine rings is 1. The summed E-state index contributed by atoms with van der Waals surface area (Å²) in [4.78, 5) is 19.1. The van der Waals surface area contributed by atoms with Crippen molar-refractivity contribution in [2.24, 2.45) is 0 Å². The molecule has 106 valence electrons. The molecule has 0 saturated heterocycles. The molecule has 2 aromatic heterocycles. The van der Waals surface area contributed by atoms with Crippen LogP contribution < -0.4 is 10.6 Å². The first-order valence-corrected chi connectivity index (χ1v) is 6.79. The maximum atomic E-state index is 11.8. The van der Waals surface area contributed by atoms with Gasteiger partial charge in [0.2, 0.25) is 0 Å². The van der Waals surface area contributed by atoms with E-state index in [1.54, 1.807) is 6.20 Å². The molecule has 0 unspecified atom stereocenters. The zero-order valence-corrected chi connectivity index (χ0v) is 11.5. The molecule has 0 radical (unpaired) electrons. The van der Waals surface area contributed by atoms with Gasteiger partial charge in [0, 0.05) is 30.9 Å². The lowest BCUT2D eigenvalue weighted by Gasteiger charge is -2.07. The molecular weight excluding hydrogens is 264 g/mol. The van der Waals surface area contributed by atoms with Crippen molar-refractivity contribution in [1.29, 1.82) is 0 Å². The molecule has 5 heteroatoms. The van der Waals surface area contributed by atoms with Crippen LogP contribution in [0.2, 0.25) is 0 Å². The number of hydrogen-bond donors (Lipinski definition) is 3. The van der Waals surface area contributed by atoms with Gasteiger partial charge in [-0.3, -0.25) is 0 Å². The lowest BCUT2D eigenvalue weighted by molar-refractivity contribution is 0.240. The Morgan fingerprint density at radius 1 is 1.05 bits per heavy atom. The molecule has 0 spiro atoms. The van der Waals surface area contributed by atoms with Crippen LogP contribution in [0.4, 0.5) is 4.79 Å². The average Bonchev–Trinajstić information content (AvgIpc) is 2.95. The van der Waals surface area contributed by atoms with Gasteiger partial charge in [0.15, 0.2) is 0 Å². The van der Waals surface area contributed by atoms with E-state index in [4.69, 9.17) is 0 Å². The summed E-state index contributed by atoms with van der Waals surface area (Å²) in [6, 6.07) is 13.5. The number of carbonyl (C=O) groups is 1. The van der Waals surface area contributed by atoms with Crippen molar-refractivity contribution in [2.75, 3.05) is 0 Å². The molecule has 0 aliphatic heterocycles. The minimum Gasteiger partial charge on any atom is -0.346 e. The van der Waals surface area contributed by atoms with Gasteiger partial charge >= 0.3 is 6.03 Å². The SMILES string of the molecule is O=C(NCc1ccccc1)NCc1c[nH]c2ncccc12. The molecule has 1 aromatic carbocycles. The van der Waals surface area contributed by atoms with Crippen molar-refractivity contribution in [2.45, 2.75) is 13.1 Å². The van der Waals surface area contributed by atoms with Crippen LogP contribution in [0, 0.1) is 0 Å². The molecule has 0 aliphatic carbocycles. The second-order valence-corrected chi connectivity index (χ2v) is 4.74. The minimum atomic E-state index is -0.183. The highest BCUT2D eigenvalue weighted by Crippen LogP contribution is 2.14. The highest BCUT2D eigenvalue weighted by atomic mass is 16.2.